The first kappa shape index (κ1) is 45.3. The van der Waals surface area contributed by atoms with Crippen molar-refractivity contribution >= 4 is 50.5 Å². The van der Waals surface area contributed by atoms with E-state index in [1.807, 2.05) is 109 Å². The maximum atomic E-state index is 11.2. The molecule has 0 amide bonds. The van der Waals surface area contributed by atoms with Crippen LogP contribution in [-0.4, -0.2) is 50.2 Å². The predicted octanol–water partition coefficient (Wildman–Crippen LogP) is 11.9. The van der Waals surface area contributed by atoms with Crippen molar-refractivity contribution in [1.82, 2.24) is 0 Å². The van der Waals surface area contributed by atoms with Gasteiger partial charge in [0.15, 0.2) is 28.9 Å². The summed E-state index contributed by atoms with van der Waals surface area (Å²) in [7, 11) is 4.92. The highest BCUT2D eigenvalue weighted by Gasteiger charge is 2.05. The monoisotopic (exact) mass is 804 g/mol. The van der Waals surface area contributed by atoms with Crippen molar-refractivity contribution in [2.75, 3.05) is 21.3 Å². The minimum Gasteiger partial charge on any atom is -0.497 e. The molecule has 0 unspecified atom stereocenters. The van der Waals surface area contributed by atoms with Crippen LogP contribution in [0.15, 0.2) is 146 Å². The molecule has 0 atom stereocenters. The van der Waals surface area contributed by atoms with Crippen LogP contribution in [0.1, 0.15) is 86.4 Å². The molecule has 0 aliphatic carbocycles. The van der Waals surface area contributed by atoms with Gasteiger partial charge in [-0.2, -0.15) is 0 Å². The van der Waals surface area contributed by atoms with Gasteiger partial charge in [0.2, 0.25) is 0 Å². The summed E-state index contributed by atoms with van der Waals surface area (Å²) in [5, 5.41) is 4.11. The predicted molar refractivity (Wildman–Crippen MR) is 237 cm³/mol. The van der Waals surface area contributed by atoms with Gasteiger partial charge in [-0.15, -0.1) is 0 Å². The first-order valence-electron chi connectivity index (χ1n) is 18.9. The second kappa shape index (κ2) is 21.9. The summed E-state index contributed by atoms with van der Waals surface area (Å²) in [6.45, 7) is 7.67. The average molecular weight is 805 g/mol. The van der Waals surface area contributed by atoms with E-state index in [1.54, 1.807) is 78.5 Å². The fourth-order valence-electron chi connectivity index (χ4n) is 5.62. The third-order valence-corrected chi connectivity index (χ3v) is 9.16. The van der Waals surface area contributed by atoms with Crippen LogP contribution >= 0.6 is 0 Å². The Kier molecular flexibility index (Phi) is 16.6. The molecule has 0 aliphatic rings. The molecule has 9 nitrogen and oxygen atoms in total. The highest BCUT2D eigenvalue weighted by atomic mass is 16.5. The summed E-state index contributed by atoms with van der Waals surface area (Å²) in [5.74, 6) is 4.24. The molecule has 0 saturated heterocycles. The first-order chi connectivity index (χ1) is 28.7. The number of ketones is 5. The summed E-state index contributed by atoms with van der Waals surface area (Å²) >= 11 is 0. The van der Waals surface area contributed by atoms with E-state index in [9.17, 15) is 24.0 Å². The van der Waals surface area contributed by atoms with Gasteiger partial charge in [-0.1, -0.05) is 66.7 Å². The average Bonchev–Trinajstić information content (AvgIpc) is 3.26. The highest BCUT2D eigenvalue weighted by molar-refractivity contribution is 6.02. The second-order valence-electron chi connectivity index (χ2n) is 13.5. The van der Waals surface area contributed by atoms with Gasteiger partial charge in [-0.3, -0.25) is 24.0 Å². The fraction of sp³-hybridized carbons (Fsp3) is 0.157. The molecule has 0 bridgehead atoms. The van der Waals surface area contributed by atoms with Gasteiger partial charge >= 0.3 is 0 Å². The van der Waals surface area contributed by atoms with E-state index in [4.69, 9.17) is 18.9 Å². The Labute approximate surface area is 350 Å². The van der Waals surface area contributed by atoms with Gasteiger partial charge < -0.3 is 18.9 Å². The van der Waals surface area contributed by atoms with Crippen LogP contribution in [0.4, 0.5) is 0 Å². The van der Waals surface area contributed by atoms with Gasteiger partial charge in [0.25, 0.3) is 0 Å². The number of carbonyl (C=O) groups excluding carboxylic acids is 5. The van der Waals surface area contributed by atoms with Crippen LogP contribution in [0, 0.1) is 0 Å². The number of ether oxygens (including phenoxy) is 4. The molecule has 0 saturated carbocycles. The Morgan fingerprint density at radius 2 is 0.517 bits per heavy atom. The lowest BCUT2D eigenvalue weighted by molar-refractivity contribution is 0.100. The molecule has 0 fully saturated rings. The van der Waals surface area contributed by atoms with Gasteiger partial charge in [0.1, 0.15) is 28.7 Å². The summed E-state index contributed by atoms with van der Waals surface area (Å²) in [5.41, 5.74) is 3.42. The second-order valence-corrected chi connectivity index (χ2v) is 13.5. The molecule has 0 radical (unpaired) electrons. The molecule has 7 aromatic carbocycles. The topological polar surface area (TPSA) is 122 Å². The zero-order valence-corrected chi connectivity index (χ0v) is 35.0. The molecular weight excluding hydrogens is 757 g/mol. The highest BCUT2D eigenvalue weighted by Crippen LogP contribution is 2.26. The van der Waals surface area contributed by atoms with Crippen LogP contribution in [0.2, 0.25) is 0 Å². The lowest BCUT2D eigenvalue weighted by Crippen LogP contribution is -1.95. The van der Waals surface area contributed by atoms with Gasteiger partial charge in [0.05, 0.1) is 21.3 Å². The van der Waals surface area contributed by atoms with E-state index in [0.717, 1.165) is 55.9 Å². The molecule has 0 N–H and O–H groups in total. The Hall–Kier alpha value is -7.39. The number of Topliss-reactive ketones (excluding diaryl/α,β-unsaturated/α-hetero) is 5. The van der Waals surface area contributed by atoms with Crippen molar-refractivity contribution in [1.29, 1.82) is 0 Å². The normalized spacial score (nSPS) is 10.0. The maximum absolute atomic E-state index is 11.2. The third kappa shape index (κ3) is 13.3. The molecule has 7 aromatic rings. The third-order valence-electron chi connectivity index (χ3n) is 9.16. The molecule has 306 valence electrons. The van der Waals surface area contributed by atoms with Gasteiger partial charge in [-0.25, -0.2) is 0 Å². The largest absolute Gasteiger partial charge is 0.497 e. The summed E-state index contributed by atoms with van der Waals surface area (Å²) in [6, 6.07) is 44.1. The smallest absolute Gasteiger partial charge is 0.159 e. The van der Waals surface area contributed by atoms with E-state index in [2.05, 4.69) is 0 Å². The van der Waals surface area contributed by atoms with Crippen molar-refractivity contribution < 1.29 is 42.9 Å². The maximum Gasteiger partial charge on any atom is 0.159 e. The molecule has 7 rings (SSSR count). The van der Waals surface area contributed by atoms with Crippen LogP contribution in [0.25, 0.3) is 21.5 Å². The number of methoxy groups -OCH3 is 3. The van der Waals surface area contributed by atoms with Crippen LogP contribution in [-0.2, 0) is 0 Å². The Morgan fingerprint density at radius 1 is 0.283 bits per heavy atom. The fourth-order valence-corrected chi connectivity index (χ4v) is 5.62. The van der Waals surface area contributed by atoms with Crippen molar-refractivity contribution in [2.45, 2.75) is 34.6 Å². The molecule has 9 heteroatoms. The van der Waals surface area contributed by atoms with Crippen molar-refractivity contribution in [3.63, 3.8) is 0 Å². The molecule has 0 spiro atoms. The number of rotatable bonds is 10. The zero-order chi connectivity index (χ0) is 43.8. The minimum absolute atomic E-state index is 0.0186. The standard InChI is InChI=1S/C14H14O3.C14H12O2.C13H12O2.C10H10O2/c1-15-11-3-7-13(8-4-11)17-14-9-5-12(16-2)6-10-14;1-9(15)11-3-5-14-8-12(10(2)16)4-6-13(14)7-11;1-9(14)10-3-4-12-8-13(15-2)6-5-11(12)7-10;1-7(11)9-3-5-10(6-4-9)8(2)12/h3-10H,1-2H3;3-8H,1-2H3;3-8H,1-2H3;3-6H,1-2H3. The molecule has 0 aromatic heterocycles. The minimum atomic E-state index is 0.0186. The van der Waals surface area contributed by atoms with E-state index < -0.39 is 0 Å². The Morgan fingerprint density at radius 3 is 0.800 bits per heavy atom. The lowest BCUT2D eigenvalue weighted by atomic mass is 10.0. The molecule has 0 heterocycles. The van der Waals surface area contributed by atoms with E-state index >= 15 is 0 Å². The number of hydrogen-bond donors (Lipinski definition) is 0. The van der Waals surface area contributed by atoms with Crippen molar-refractivity contribution in [3.05, 3.63) is 173 Å². The molecule has 0 aliphatic heterocycles. The van der Waals surface area contributed by atoms with Gasteiger partial charge in [0, 0.05) is 27.8 Å². The first-order valence-corrected chi connectivity index (χ1v) is 18.9. The number of hydrogen-bond acceptors (Lipinski definition) is 9. The van der Waals surface area contributed by atoms with Crippen LogP contribution < -0.4 is 18.9 Å². The van der Waals surface area contributed by atoms with E-state index in [1.165, 1.54) is 13.8 Å². The van der Waals surface area contributed by atoms with Crippen LogP contribution in [0.5, 0.6) is 28.7 Å². The molecule has 60 heavy (non-hydrogen) atoms. The van der Waals surface area contributed by atoms with Crippen LogP contribution in [0.3, 0.4) is 0 Å². The summed E-state index contributed by atoms with van der Waals surface area (Å²) in [6.07, 6.45) is 0. The molecular formula is C51H48O9. The Bertz CT molecular complexity index is 2460. The van der Waals surface area contributed by atoms with E-state index in [-0.39, 0.29) is 28.9 Å². The summed E-state index contributed by atoms with van der Waals surface area (Å²) in [4.78, 5) is 55.3. The lowest BCUT2D eigenvalue weighted by Gasteiger charge is -2.07. The Balaban J connectivity index is 0.000000178. The number of fused-ring (bicyclic) bond motifs is 2. The number of benzene rings is 7. The quantitative estimate of drug-likeness (QED) is 0.124. The van der Waals surface area contributed by atoms with Gasteiger partial charge in [-0.05, 0) is 135 Å². The SMILES string of the molecule is CC(=O)c1ccc(C(C)=O)cc1.CC(=O)c1ccc2cc(C(C)=O)ccc2c1.COc1ccc(Oc2ccc(OC)cc2)cc1.COc1ccc2cc(C(C)=O)ccc2c1. The van der Waals surface area contributed by atoms with Crippen molar-refractivity contribution in [3.8, 4) is 28.7 Å². The number of carbonyl (C=O) groups is 5. The van der Waals surface area contributed by atoms with E-state index in [0.29, 0.717) is 22.3 Å². The van der Waals surface area contributed by atoms with Crippen molar-refractivity contribution in [2.24, 2.45) is 0 Å². The zero-order valence-electron chi connectivity index (χ0n) is 35.0. The summed E-state index contributed by atoms with van der Waals surface area (Å²) < 4.78 is 21.0.